The minimum absolute atomic E-state index is 0.110. The van der Waals surface area contributed by atoms with Crippen LogP contribution in [0.15, 0.2) is 48.5 Å². The lowest BCUT2D eigenvalue weighted by atomic mass is 10.1. The Hall–Kier alpha value is -3.06. The number of carbonyl (C=O) groups excluding carboxylic acids is 2. The average Bonchev–Trinajstić information content (AvgIpc) is 2.72. The van der Waals surface area contributed by atoms with Gasteiger partial charge in [0.05, 0.1) is 24.0 Å². The number of aliphatic hydroxyl groups is 1. The van der Waals surface area contributed by atoms with Gasteiger partial charge in [-0.3, -0.25) is 9.59 Å². The number of piperidine rings is 1. The van der Waals surface area contributed by atoms with E-state index in [0.717, 1.165) is 37.3 Å². The minimum atomic E-state index is -0.229. The third-order valence-corrected chi connectivity index (χ3v) is 4.95. The second kappa shape index (κ2) is 9.43. The molecule has 7 nitrogen and oxygen atoms in total. The van der Waals surface area contributed by atoms with Crippen molar-refractivity contribution in [2.45, 2.75) is 18.9 Å². The van der Waals surface area contributed by atoms with Gasteiger partial charge in [-0.05, 0) is 43.2 Å². The third-order valence-electron chi connectivity index (χ3n) is 4.95. The van der Waals surface area contributed by atoms with Crippen LogP contribution < -0.4 is 15.5 Å². The van der Waals surface area contributed by atoms with E-state index in [4.69, 9.17) is 0 Å². The molecule has 2 aromatic rings. The highest BCUT2D eigenvalue weighted by Crippen LogP contribution is 2.28. The molecule has 29 heavy (non-hydrogen) atoms. The van der Waals surface area contributed by atoms with Gasteiger partial charge in [0.25, 0.3) is 5.91 Å². The highest BCUT2D eigenvalue weighted by molar-refractivity contribution is 5.98. The molecule has 0 unspecified atom stereocenters. The van der Waals surface area contributed by atoms with Gasteiger partial charge in [0.2, 0.25) is 5.91 Å². The number of aliphatic hydroxyl groups excluding tert-OH is 1. The highest BCUT2D eigenvalue weighted by atomic mass is 16.3. The summed E-state index contributed by atoms with van der Waals surface area (Å²) in [5.74, 6) is -0.303. The van der Waals surface area contributed by atoms with Crippen LogP contribution in [0.5, 0.6) is 0 Å². The molecule has 0 atom stereocenters. The van der Waals surface area contributed by atoms with Crippen LogP contribution in [-0.2, 0) is 4.79 Å². The number of benzene rings is 2. The molecular weight excluding hydrogens is 368 g/mol. The maximum absolute atomic E-state index is 12.4. The number of amides is 2. The van der Waals surface area contributed by atoms with E-state index >= 15 is 0 Å². The Kier molecular flexibility index (Phi) is 6.72. The second-order valence-electron chi connectivity index (χ2n) is 7.42. The van der Waals surface area contributed by atoms with Gasteiger partial charge in [-0.2, -0.15) is 0 Å². The van der Waals surface area contributed by atoms with E-state index in [9.17, 15) is 14.7 Å². The molecule has 0 bridgehead atoms. The Morgan fingerprint density at radius 2 is 1.83 bits per heavy atom. The molecule has 3 rings (SSSR count). The van der Waals surface area contributed by atoms with Gasteiger partial charge in [0.15, 0.2) is 0 Å². The first-order valence-corrected chi connectivity index (χ1v) is 9.81. The molecule has 0 aliphatic carbocycles. The van der Waals surface area contributed by atoms with E-state index in [1.807, 2.05) is 24.3 Å². The van der Waals surface area contributed by atoms with E-state index < -0.39 is 0 Å². The fourth-order valence-electron chi connectivity index (χ4n) is 3.37. The van der Waals surface area contributed by atoms with Crippen LogP contribution in [0.1, 0.15) is 23.2 Å². The lowest BCUT2D eigenvalue weighted by Gasteiger charge is -2.32. The smallest absolute Gasteiger partial charge is 0.253 e. The molecule has 0 spiro atoms. The summed E-state index contributed by atoms with van der Waals surface area (Å²) in [6.07, 6.45) is 1.26. The molecule has 0 aromatic heterocycles. The number of para-hydroxylation sites is 2. The summed E-state index contributed by atoms with van der Waals surface area (Å²) in [5, 5.41) is 15.8. The van der Waals surface area contributed by atoms with Crippen LogP contribution in [0.4, 0.5) is 17.1 Å². The SMILES string of the molecule is CN(C)C(=O)c1cccc(NC(=O)CNc2ccccc2N2CCC(O)CC2)c1. The monoisotopic (exact) mass is 396 g/mol. The molecule has 1 saturated heterocycles. The summed E-state index contributed by atoms with van der Waals surface area (Å²) in [4.78, 5) is 28.2. The van der Waals surface area contributed by atoms with Crippen molar-refractivity contribution < 1.29 is 14.7 Å². The minimum Gasteiger partial charge on any atom is -0.393 e. The van der Waals surface area contributed by atoms with Crippen molar-refractivity contribution in [1.82, 2.24) is 4.90 Å². The Morgan fingerprint density at radius 1 is 1.10 bits per heavy atom. The molecule has 2 aromatic carbocycles. The number of anilines is 3. The molecular formula is C22H28N4O3. The molecule has 1 aliphatic rings. The van der Waals surface area contributed by atoms with Crippen molar-refractivity contribution >= 4 is 28.9 Å². The maximum Gasteiger partial charge on any atom is 0.253 e. The van der Waals surface area contributed by atoms with Gasteiger partial charge in [0.1, 0.15) is 0 Å². The van der Waals surface area contributed by atoms with Gasteiger partial charge in [-0.1, -0.05) is 18.2 Å². The Morgan fingerprint density at radius 3 is 2.55 bits per heavy atom. The molecule has 154 valence electrons. The predicted molar refractivity (Wildman–Crippen MR) is 115 cm³/mol. The number of nitrogens with zero attached hydrogens (tertiary/aromatic N) is 2. The van der Waals surface area contributed by atoms with Crippen LogP contribution in [0.2, 0.25) is 0 Å². The van der Waals surface area contributed by atoms with Crippen molar-refractivity contribution in [2.75, 3.05) is 49.3 Å². The number of rotatable bonds is 6. The van der Waals surface area contributed by atoms with Gasteiger partial charge < -0.3 is 25.5 Å². The normalized spacial score (nSPS) is 14.4. The van der Waals surface area contributed by atoms with Crippen LogP contribution in [-0.4, -0.2) is 61.7 Å². The summed E-state index contributed by atoms with van der Waals surface area (Å²) in [6.45, 7) is 1.69. The summed E-state index contributed by atoms with van der Waals surface area (Å²) in [6, 6.07) is 14.8. The van der Waals surface area contributed by atoms with Crippen molar-refractivity contribution in [3.8, 4) is 0 Å². The number of carbonyl (C=O) groups is 2. The van der Waals surface area contributed by atoms with Crippen LogP contribution >= 0.6 is 0 Å². The molecule has 1 heterocycles. The zero-order chi connectivity index (χ0) is 20.8. The summed E-state index contributed by atoms with van der Waals surface area (Å²) in [7, 11) is 3.38. The molecule has 7 heteroatoms. The molecule has 1 aliphatic heterocycles. The topological polar surface area (TPSA) is 84.9 Å². The van der Waals surface area contributed by atoms with Crippen LogP contribution in [0, 0.1) is 0 Å². The van der Waals surface area contributed by atoms with E-state index in [1.165, 1.54) is 4.90 Å². The summed E-state index contributed by atoms with van der Waals surface area (Å²) < 4.78 is 0. The Bertz CT molecular complexity index is 861. The van der Waals surface area contributed by atoms with E-state index in [2.05, 4.69) is 15.5 Å². The lowest BCUT2D eigenvalue weighted by molar-refractivity contribution is -0.114. The summed E-state index contributed by atoms with van der Waals surface area (Å²) >= 11 is 0. The van der Waals surface area contributed by atoms with Crippen molar-refractivity contribution in [1.29, 1.82) is 0 Å². The zero-order valence-corrected chi connectivity index (χ0v) is 16.9. The fraction of sp³-hybridized carbons (Fsp3) is 0.364. The number of hydrogen-bond donors (Lipinski definition) is 3. The van der Waals surface area contributed by atoms with Crippen molar-refractivity contribution in [3.63, 3.8) is 0 Å². The zero-order valence-electron chi connectivity index (χ0n) is 16.9. The third kappa shape index (κ3) is 5.48. The number of hydrogen-bond acceptors (Lipinski definition) is 5. The standard InChI is InChI=1S/C22H28N4O3/c1-25(2)22(29)16-6-5-7-17(14-16)24-21(28)15-23-19-8-3-4-9-20(19)26-12-10-18(27)11-13-26/h3-9,14,18,23,27H,10-13,15H2,1-2H3,(H,24,28). The van der Waals surface area contributed by atoms with Gasteiger partial charge >= 0.3 is 0 Å². The molecule has 0 saturated carbocycles. The average molecular weight is 396 g/mol. The van der Waals surface area contributed by atoms with Crippen LogP contribution in [0.3, 0.4) is 0 Å². The van der Waals surface area contributed by atoms with E-state index in [0.29, 0.717) is 11.3 Å². The molecule has 3 N–H and O–H groups in total. The predicted octanol–water partition coefficient (Wildman–Crippen LogP) is 2.40. The van der Waals surface area contributed by atoms with Crippen molar-refractivity contribution in [2.24, 2.45) is 0 Å². The largest absolute Gasteiger partial charge is 0.393 e. The summed E-state index contributed by atoms with van der Waals surface area (Å²) in [5.41, 5.74) is 3.03. The van der Waals surface area contributed by atoms with Gasteiger partial charge in [-0.25, -0.2) is 0 Å². The molecule has 2 amide bonds. The Balaban J connectivity index is 1.60. The first kappa shape index (κ1) is 20.7. The molecule has 1 fully saturated rings. The van der Waals surface area contributed by atoms with Crippen molar-refractivity contribution in [3.05, 3.63) is 54.1 Å². The number of nitrogens with one attached hydrogen (secondary N) is 2. The van der Waals surface area contributed by atoms with E-state index in [-0.39, 0.29) is 24.5 Å². The first-order valence-electron chi connectivity index (χ1n) is 9.81. The Labute approximate surface area is 171 Å². The first-order chi connectivity index (χ1) is 13.9. The maximum atomic E-state index is 12.4. The highest BCUT2D eigenvalue weighted by Gasteiger charge is 2.19. The van der Waals surface area contributed by atoms with E-state index in [1.54, 1.807) is 38.4 Å². The van der Waals surface area contributed by atoms with Crippen LogP contribution in [0.25, 0.3) is 0 Å². The second-order valence-corrected chi connectivity index (χ2v) is 7.42. The fourth-order valence-corrected chi connectivity index (χ4v) is 3.37. The van der Waals surface area contributed by atoms with Gasteiger partial charge in [0, 0.05) is 38.4 Å². The lowest BCUT2D eigenvalue weighted by Crippen LogP contribution is -2.36. The quantitative estimate of drug-likeness (QED) is 0.698. The molecule has 0 radical (unpaired) electrons. The van der Waals surface area contributed by atoms with Gasteiger partial charge in [-0.15, -0.1) is 0 Å².